The molecule has 0 radical (unpaired) electrons. The van der Waals surface area contributed by atoms with Gasteiger partial charge >= 0.3 is 0 Å². The Kier molecular flexibility index (Phi) is 5.19. The van der Waals surface area contributed by atoms with Crippen LogP contribution in [0.1, 0.15) is 22.5 Å². The Hall–Kier alpha value is -3.93. The summed E-state index contributed by atoms with van der Waals surface area (Å²) in [5.74, 6) is 1.63. The number of carbonyl (C=O) groups excluding carboxylic acids is 1. The van der Waals surface area contributed by atoms with E-state index in [1.807, 2.05) is 66.2 Å². The van der Waals surface area contributed by atoms with Crippen molar-refractivity contribution in [3.8, 4) is 22.6 Å². The van der Waals surface area contributed by atoms with E-state index in [1.54, 1.807) is 4.90 Å². The van der Waals surface area contributed by atoms with Gasteiger partial charge in [-0.2, -0.15) is 5.10 Å². The van der Waals surface area contributed by atoms with E-state index < -0.39 is 0 Å². The quantitative estimate of drug-likeness (QED) is 0.411. The van der Waals surface area contributed by atoms with Crippen molar-refractivity contribution in [1.82, 2.24) is 9.78 Å². The van der Waals surface area contributed by atoms with E-state index in [0.717, 1.165) is 41.4 Å². The number of halogens is 1. The molecule has 1 aliphatic heterocycles. The minimum Gasteiger partial charge on any atom is -0.457 e. The van der Waals surface area contributed by atoms with Crippen LogP contribution >= 0.6 is 0 Å². The second kappa shape index (κ2) is 8.30. The van der Waals surface area contributed by atoms with Gasteiger partial charge in [0.05, 0.1) is 11.3 Å². The topological polar surface area (TPSA) is 47.4 Å². The average molecular weight is 427 g/mol. The summed E-state index contributed by atoms with van der Waals surface area (Å²) < 4.78 is 21.5. The molecule has 0 N–H and O–H groups in total. The van der Waals surface area contributed by atoms with E-state index in [9.17, 15) is 9.18 Å². The molecular weight excluding hydrogens is 405 g/mol. The summed E-state index contributed by atoms with van der Waals surface area (Å²) >= 11 is 0. The number of aryl methyl sites for hydroxylation is 2. The van der Waals surface area contributed by atoms with E-state index in [0.29, 0.717) is 17.9 Å². The highest BCUT2D eigenvalue weighted by Gasteiger charge is 2.31. The number of hydrogen-bond acceptors (Lipinski definition) is 3. The van der Waals surface area contributed by atoms with Crippen molar-refractivity contribution in [3.63, 3.8) is 0 Å². The standard InChI is InChI=1S/C26H22FN3O2/c1-18-24(22-10-5-6-11-23(22)32-21-8-3-2-4-9-21)25-29(16-7-17-30(25)28-18)26(31)19-12-14-20(27)15-13-19/h2-6,8-15H,7,16-17H2,1H3. The third kappa shape index (κ3) is 3.64. The van der Waals surface area contributed by atoms with E-state index in [4.69, 9.17) is 9.84 Å². The van der Waals surface area contributed by atoms with Gasteiger partial charge in [-0.15, -0.1) is 0 Å². The fraction of sp³-hybridized carbons (Fsp3) is 0.154. The number of hydrogen-bond donors (Lipinski definition) is 0. The Morgan fingerprint density at radius 2 is 1.66 bits per heavy atom. The number of anilines is 1. The molecule has 1 aliphatic rings. The molecule has 0 fully saturated rings. The minimum absolute atomic E-state index is 0.173. The maximum atomic E-state index is 13.4. The number of aromatic nitrogens is 2. The Bertz CT molecular complexity index is 1270. The second-order valence-electron chi connectivity index (χ2n) is 7.74. The molecule has 4 aromatic rings. The van der Waals surface area contributed by atoms with Crippen LogP contribution in [0.2, 0.25) is 0 Å². The Morgan fingerprint density at radius 3 is 2.44 bits per heavy atom. The highest BCUT2D eigenvalue weighted by Crippen LogP contribution is 2.42. The van der Waals surface area contributed by atoms with Crippen LogP contribution < -0.4 is 9.64 Å². The molecule has 1 amide bonds. The number of fused-ring (bicyclic) bond motifs is 1. The molecule has 5 rings (SSSR count). The van der Waals surface area contributed by atoms with E-state index >= 15 is 0 Å². The monoisotopic (exact) mass is 427 g/mol. The third-order valence-electron chi connectivity index (χ3n) is 5.57. The average Bonchev–Trinajstić information content (AvgIpc) is 3.16. The number of amides is 1. The maximum absolute atomic E-state index is 13.4. The van der Waals surface area contributed by atoms with Crippen LogP contribution in [0.4, 0.5) is 10.2 Å². The number of benzene rings is 3. The molecule has 0 atom stereocenters. The van der Waals surface area contributed by atoms with E-state index in [-0.39, 0.29) is 11.7 Å². The lowest BCUT2D eigenvalue weighted by molar-refractivity contribution is 0.0981. The van der Waals surface area contributed by atoms with Crippen LogP contribution in [0.5, 0.6) is 11.5 Å². The van der Waals surface area contributed by atoms with Crippen LogP contribution in [-0.2, 0) is 6.54 Å². The van der Waals surface area contributed by atoms with E-state index in [2.05, 4.69) is 0 Å². The third-order valence-corrected chi connectivity index (χ3v) is 5.57. The summed E-state index contributed by atoms with van der Waals surface area (Å²) in [5.41, 5.74) is 3.00. The van der Waals surface area contributed by atoms with Gasteiger partial charge in [0.2, 0.25) is 0 Å². The van der Waals surface area contributed by atoms with Crippen LogP contribution in [0, 0.1) is 12.7 Å². The van der Waals surface area contributed by atoms with Crippen molar-refractivity contribution in [2.45, 2.75) is 19.9 Å². The number of ether oxygens (including phenoxy) is 1. The van der Waals surface area contributed by atoms with Crippen molar-refractivity contribution in [2.75, 3.05) is 11.4 Å². The molecule has 0 saturated heterocycles. The van der Waals surface area contributed by atoms with Crippen LogP contribution in [0.3, 0.4) is 0 Å². The van der Waals surface area contributed by atoms with Gasteiger partial charge in [0.15, 0.2) is 0 Å². The van der Waals surface area contributed by atoms with Gasteiger partial charge in [-0.3, -0.25) is 9.69 Å². The highest BCUT2D eigenvalue weighted by atomic mass is 19.1. The van der Waals surface area contributed by atoms with Crippen LogP contribution in [0.15, 0.2) is 78.9 Å². The number of para-hydroxylation sites is 2. The SMILES string of the molecule is Cc1nn2c(c1-c1ccccc1Oc1ccccc1)N(C(=O)c1ccc(F)cc1)CCC2. The fourth-order valence-corrected chi connectivity index (χ4v) is 4.12. The minimum atomic E-state index is -0.367. The van der Waals surface area contributed by atoms with Crippen molar-refractivity contribution in [1.29, 1.82) is 0 Å². The van der Waals surface area contributed by atoms with Crippen molar-refractivity contribution < 1.29 is 13.9 Å². The molecule has 0 unspecified atom stereocenters. The summed E-state index contributed by atoms with van der Waals surface area (Å²) in [5, 5.41) is 4.72. The van der Waals surface area contributed by atoms with Gasteiger partial charge in [0.25, 0.3) is 5.91 Å². The predicted octanol–water partition coefficient (Wildman–Crippen LogP) is 5.84. The molecule has 32 heavy (non-hydrogen) atoms. The Labute approximate surface area is 185 Å². The van der Waals surface area contributed by atoms with Gasteiger partial charge in [0, 0.05) is 24.2 Å². The molecule has 5 nitrogen and oxygen atoms in total. The Balaban J connectivity index is 1.60. The van der Waals surface area contributed by atoms with Gasteiger partial charge < -0.3 is 4.74 Å². The van der Waals surface area contributed by atoms with E-state index in [1.165, 1.54) is 24.3 Å². The molecule has 0 spiro atoms. The summed E-state index contributed by atoms with van der Waals surface area (Å²) in [4.78, 5) is 15.1. The van der Waals surface area contributed by atoms with Gasteiger partial charge in [-0.05, 0) is 55.8 Å². The summed E-state index contributed by atoms with van der Waals surface area (Å²) in [7, 11) is 0. The fourth-order valence-electron chi connectivity index (χ4n) is 4.12. The van der Waals surface area contributed by atoms with Crippen molar-refractivity contribution in [2.24, 2.45) is 0 Å². The summed E-state index contributed by atoms with van der Waals surface area (Å²) in [6.45, 7) is 3.24. The first-order valence-electron chi connectivity index (χ1n) is 10.6. The zero-order chi connectivity index (χ0) is 22.1. The largest absolute Gasteiger partial charge is 0.457 e. The van der Waals surface area contributed by atoms with Gasteiger partial charge in [-0.25, -0.2) is 9.07 Å². The van der Waals surface area contributed by atoms with Gasteiger partial charge in [0.1, 0.15) is 23.1 Å². The van der Waals surface area contributed by atoms with Crippen LogP contribution in [-0.4, -0.2) is 22.2 Å². The van der Waals surface area contributed by atoms with Crippen LogP contribution in [0.25, 0.3) is 11.1 Å². The normalized spacial score (nSPS) is 13.0. The van der Waals surface area contributed by atoms with Crippen molar-refractivity contribution >= 4 is 11.7 Å². The lowest BCUT2D eigenvalue weighted by atomic mass is 10.0. The summed E-state index contributed by atoms with van der Waals surface area (Å²) in [6, 6.07) is 23.0. The number of nitrogens with zero attached hydrogens (tertiary/aromatic N) is 3. The predicted molar refractivity (Wildman–Crippen MR) is 122 cm³/mol. The lowest BCUT2D eigenvalue weighted by Gasteiger charge is -2.29. The first-order valence-corrected chi connectivity index (χ1v) is 10.6. The molecule has 160 valence electrons. The number of rotatable bonds is 4. The summed E-state index contributed by atoms with van der Waals surface area (Å²) in [6.07, 6.45) is 0.794. The molecular formula is C26H22FN3O2. The smallest absolute Gasteiger partial charge is 0.259 e. The molecule has 0 saturated carbocycles. The number of carbonyl (C=O) groups is 1. The zero-order valence-electron chi connectivity index (χ0n) is 17.7. The highest BCUT2D eigenvalue weighted by molar-refractivity contribution is 6.08. The molecule has 1 aromatic heterocycles. The van der Waals surface area contributed by atoms with Gasteiger partial charge in [-0.1, -0.05) is 36.4 Å². The molecule has 6 heteroatoms. The molecule has 0 bridgehead atoms. The molecule has 0 aliphatic carbocycles. The zero-order valence-corrected chi connectivity index (χ0v) is 17.7. The Morgan fingerprint density at radius 1 is 0.938 bits per heavy atom. The molecule has 2 heterocycles. The lowest BCUT2D eigenvalue weighted by Crippen LogP contribution is -2.37. The van der Waals surface area contributed by atoms with Crippen molar-refractivity contribution in [3.05, 3.63) is 95.9 Å². The first-order chi connectivity index (χ1) is 15.6. The molecule has 3 aromatic carbocycles. The maximum Gasteiger partial charge on any atom is 0.259 e. The first kappa shape index (κ1) is 20.0. The second-order valence-corrected chi connectivity index (χ2v) is 7.74.